The number of anilines is 2. The van der Waals surface area contributed by atoms with Crippen LogP contribution in [0, 0.1) is 13.8 Å². The Kier molecular flexibility index (Phi) is 6.70. The summed E-state index contributed by atoms with van der Waals surface area (Å²) >= 11 is 0. The molecule has 0 amide bonds. The van der Waals surface area contributed by atoms with E-state index < -0.39 is 11.9 Å². The summed E-state index contributed by atoms with van der Waals surface area (Å²) in [6.45, 7) is 3.30. The predicted octanol–water partition coefficient (Wildman–Crippen LogP) is 2.32. The van der Waals surface area contributed by atoms with E-state index in [1.807, 2.05) is 0 Å². The number of nitrogens with zero attached hydrogens (tertiary/aromatic N) is 14. The number of carbonyl (C=O) groups is 2. The lowest BCUT2D eigenvalue weighted by Gasteiger charge is -2.06. The van der Waals surface area contributed by atoms with Crippen molar-refractivity contribution in [1.82, 2.24) is 49.1 Å². The fourth-order valence-electron chi connectivity index (χ4n) is 3.83. The van der Waals surface area contributed by atoms with E-state index in [1.165, 1.54) is 57.6 Å². The molecule has 0 unspecified atom stereocenters. The van der Waals surface area contributed by atoms with Crippen LogP contribution < -0.4 is 11.5 Å². The molecule has 214 valence electrons. The fourth-order valence-corrected chi connectivity index (χ4v) is 3.83. The van der Waals surface area contributed by atoms with Crippen molar-refractivity contribution in [3.63, 3.8) is 0 Å². The van der Waals surface area contributed by atoms with Crippen molar-refractivity contribution in [2.45, 2.75) is 13.8 Å². The van der Waals surface area contributed by atoms with Crippen LogP contribution in [0.25, 0.3) is 11.6 Å². The average Bonchev–Trinajstić information content (AvgIpc) is 3.66. The first-order valence-corrected chi connectivity index (χ1v) is 11.8. The maximum Gasteiger partial charge on any atom is 0.341 e. The Labute approximate surface area is 234 Å². The number of nitrogen functional groups attached to an aromatic ring is 2. The highest BCUT2D eigenvalue weighted by molar-refractivity contribution is 5.92. The van der Waals surface area contributed by atoms with E-state index >= 15 is 0 Å². The van der Waals surface area contributed by atoms with E-state index in [0.717, 1.165) is 0 Å². The van der Waals surface area contributed by atoms with Gasteiger partial charge in [0, 0.05) is 20.2 Å². The summed E-state index contributed by atoms with van der Waals surface area (Å²) in [6.07, 6.45) is 3.59. The number of nitrogens with two attached hydrogens (primary N) is 2. The first-order chi connectivity index (χ1) is 20.0. The fraction of sp³-hybridized carbons (Fsp3) is 0.182. The molecule has 5 rings (SSSR count). The third kappa shape index (κ3) is 4.67. The standard InChI is InChI=1S/C22H22N16O4/c1-9-15(29-31-19-11(21(39)40)6-27-35(19)3)17(23)37(33-9)13-5-14(26-8-25-13)38-18(24)16(10(2)34-38)30-32-20-12(22(41)42)7-28-36(20)4/h5-8H,23-24H2,1-4H3,(H,39,40)(H,41,42)/b31-29+,32-30+. The minimum Gasteiger partial charge on any atom is -0.477 e. The largest absolute Gasteiger partial charge is 0.477 e. The van der Waals surface area contributed by atoms with Gasteiger partial charge in [0.25, 0.3) is 0 Å². The summed E-state index contributed by atoms with van der Waals surface area (Å²) in [7, 11) is 3.06. The van der Waals surface area contributed by atoms with Gasteiger partial charge in [0.05, 0.1) is 23.8 Å². The quantitative estimate of drug-likeness (QED) is 0.194. The number of aryl methyl sites for hydroxylation is 4. The van der Waals surface area contributed by atoms with Gasteiger partial charge in [-0.1, -0.05) is 0 Å². The van der Waals surface area contributed by atoms with Crippen molar-refractivity contribution in [3.8, 4) is 11.6 Å². The van der Waals surface area contributed by atoms with E-state index in [9.17, 15) is 19.8 Å². The molecule has 0 aromatic carbocycles. The minimum absolute atomic E-state index is 0.0263. The number of carboxylic acid groups (broad SMARTS) is 2. The van der Waals surface area contributed by atoms with Crippen molar-refractivity contribution in [1.29, 1.82) is 0 Å². The smallest absolute Gasteiger partial charge is 0.341 e. The Balaban J connectivity index is 1.48. The predicted molar refractivity (Wildman–Crippen MR) is 143 cm³/mol. The van der Waals surface area contributed by atoms with Gasteiger partial charge in [-0.2, -0.15) is 29.8 Å². The first kappa shape index (κ1) is 27.2. The van der Waals surface area contributed by atoms with Gasteiger partial charge in [-0.05, 0) is 13.8 Å². The number of hydrogen-bond donors (Lipinski definition) is 4. The van der Waals surface area contributed by atoms with Crippen LogP contribution in [0.1, 0.15) is 32.1 Å². The zero-order valence-corrected chi connectivity index (χ0v) is 22.4. The molecule has 0 aliphatic carbocycles. The Morgan fingerprint density at radius 2 is 1.14 bits per heavy atom. The number of carboxylic acids is 2. The second kappa shape index (κ2) is 10.3. The van der Waals surface area contributed by atoms with Crippen LogP contribution in [-0.2, 0) is 14.1 Å². The van der Waals surface area contributed by atoms with E-state index in [-0.39, 0.29) is 57.4 Å². The first-order valence-electron chi connectivity index (χ1n) is 11.8. The Hall–Kier alpha value is -6.34. The molecule has 0 atom stereocenters. The molecule has 0 bridgehead atoms. The lowest BCUT2D eigenvalue weighted by Crippen LogP contribution is -2.09. The molecule has 0 aliphatic rings. The van der Waals surface area contributed by atoms with Crippen LogP contribution in [0.4, 0.5) is 34.6 Å². The van der Waals surface area contributed by atoms with Gasteiger partial charge in [-0.3, -0.25) is 0 Å². The Bertz CT molecular complexity index is 1790. The Morgan fingerprint density at radius 1 is 0.738 bits per heavy atom. The number of azo groups is 2. The molecule has 6 N–H and O–H groups in total. The molecule has 0 spiro atoms. The summed E-state index contributed by atoms with van der Waals surface area (Å²) in [5, 5.41) is 51.5. The van der Waals surface area contributed by atoms with Crippen LogP contribution >= 0.6 is 0 Å². The van der Waals surface area contributed by atoms with E-state index in [1.54, 1.807) is 13.8 Å². The molecule has 42 heavy (non-hydrogen) atoms. The lowest BCUT2D eigenvalue weighted by atomic mass is 10.3. The van der Waals surface area contributed by atoms with Gasteiger partial charge in [-0.25, -0.2) is 28.9 Å². The summed E-state index contributed by atoms with van der Waals surface area (Å²) in [4.78, 5) is 31.4. The molecule has 0 saturated heterocycles. The zero-order valence-electron chi connectivity index (χ0n) is 22.4. The summed E-state index contributed by atoms with van der Waals surface area (Å²) in [5.74, 6) is -1.72. The van der Waals surface area contributed by atoms with E-state index in [0.29, 0.717) is 11.4 Å². The molecule has 0 aliphatic heterocycles. The number of aromatic nitrogens is 10. The second-order valence-electron chi connectivity index (χ2n) is 8.72. The molecule has 0 saturated carbocycles. The third-order valence-electron chi connectivity index (χ3n) is 5.96. The third-order valence-corrected chi connectivity index (χ3v) is 5.96. The minimum atomic E-state index is -1.20. The molecular formula is C22H22N16O4. The number of rotatable bonds is 8. The van der Waals surface area contributed by atoms with Crippen LogP contribution in [0.5, 0.6) is 0 Å². The summed E-state index contributed by atoms with van der Waals surface area (Å²) < 4.78 is 5.15. The highest BCUT2D eigenvalue weighted by Crippen LogP contribution is 2.33. The van der Waals surface area contributed by atoms with E-state index in [4.69, 9.17) is 11.5 Å². The normalized spacial score (nSPS) is 11.7. The van der Waals surface area contributed by atoms with Gasteiger partial charge >= 0.3 is 11.9 Å². The molecule has 20 nitrogen and oxygen atoms in total. The summed E-state index contributed by atoms with van der Waals surface area (Å²) in [6, 6.07) is 1.51. The molecular weight excluding hydrogens is 552 g/mol. The zero-order chi connectivity index (χ0) is 30.3. The van der Waals surface area contributed by atoms with Crippen molar-refractivity contribution in [2.75, 3.05) is 11.5 Å². The van der Waals surface area contributed by atoms with Crippen LogP contribution in [0.15, 0.2) is 45.2 Å². The lowest BCUT2D eigenvalue weighted by molar-refractivity contribution is 0.0686. The maximum absolute atomic E-state index is 11.4. The van der Waals surface area contributed by atoms with Gasteiger partial charge < -0.3 is 21.7 Å². The molecule has 5 heterocycles. The topological polar surface area (TPSA) is 273 Å². The molecule has 0 radical (unpaired) electrons. The van der Waals surface area contributed by atoms with Gasteiger partial charge in [0.1, 0.15) is 17.5 Å². The van der Waals surface area contributed by atoms with Crippen molar-refractivity contribution in [2.24, 2.45) is 34.6 Å². The van der Waals surface area contributed by atoms with Crippen LogP contribution in [-0.4, -0.2) is 71.2 Å². The van der Waals surface area contributed by atoms with Crippen LogP contribution in [0.3, 0.4) is 0 Å². The summed E-state index contributed by atoms with van der Waals surface area (Å²) in [5.41, 5.74) is 13.6. The molecule has 0 fully saturated rings. The number of hydrogen-bond acceptors (Lipinski definition) is 14. The molecule has 5 aromatic heterocycles. The monoisotopic (exact) mass is 574 g/mol. The Morgan fingerprint density at radius 3 is 1.52 bits per heavy atom. The van der Waals surface area contributed by atoms with Crippen molar-refractivity contribution in [3.05, 3.63) is 47.3 Å². The average molecular weight is 575 g/mol. The van der Waals surface area contributed by atoms with Gasteiger partial charge in [0.15, 0.2) is 46.3 Å². The van der Waals surface area contributed by atoms with Gasteiger partial charge in [-0.15, -0.1) is 20.5 Å². The maximum atomic E-state index is 11.4. The highest BCUT2D eigenvalue weighted by atomic mass is 16.4. The van der Waals surface area contributed by atoms with Crippen molar-refractivity contribution >= 4 is 46.6 Å². The molecule has 20 heteroatoms. The van der Waals surface area contributed by atoms with E-state index in [2.05, 4.69) is 50.8 Å². The van der Waals surface area contributed by atoms with Gasteiger partial charge in [0.2, 0.25) is 0 Å². The highest BCUT2D eigenvalue weighted by Gasteiger charge is 2.21. The van der Waals surface area contributed by atoms with Crippen molar-refractivity contribution < 1.29 is 19.8 Å². The van der Waals surface area contributed by atoms with Crippen LogP contribution in [0.2, 0.25) is 0 Å². The second-order valence-corrected chi connectivity index (χ2v) is 8.72. The number of aromatic carboxylic acids is 2. The SMILES string of the molecule is Cc1nn(-c2cc(-n3nc(C)c(/N=N/c4c(C(=O)O)cnn4C)c3N)ncn2)c(N)c1/N=N/c1c(C(=O)O)cnn1C. The molecule has 5 aromatic rings.